The van der Waals surface area contributed by atoms with Crippen molar-refractivity contribution < 1.29 is 0 Å². The van der Waals surface area contributed by atoms with Gasteiger partial charge in [0.2, 0.25) is 0 Å². The third-order valence-corrected chi connectivity index (χ3v) is 3.91. The Hall–Kier alpha value is -1.02. The van der Waals surface area contributed by atoms with Gasteiger partial charge in [0, 0.05) is 30.9 Å². The highest BCUT2D eigenvalue weighted by Crippen LogP contribution is 2.27. The fraction of sp³-hybridized carbons (Fsp3) is 0.625. The smallest absolute Gasteiger partial charge is 0.0428 e. The molecule has 2 nitrogen and oxygen atoms in total. The molecule has 1 aliphatic heterocycles. The van der Waals surface area contributed by atoms with Crippen LogP contribution in [0.3, 0.4) is 0 Å². The Kier molecular flexibility index (Phi) is 4.28. The minimum Gasteiger partial charge on any atom is -0.369 e. The Balaban J connectivity index is 2.30. The number of rotatable bonds is 2. The third-order valence-electron chi connectivity index (χ3n) is 3.91. The summed E-state index contributed by atoms with van der Waals surface area (Å²) in [6.45, 7) is 11.3. The Morgan fingerprint density at radius 3 is 2.78 bits per heavy atom. The fourth-order valence-electron chi connectivity index (χ4n) is 3.05. The molecule has 1 N–H and O–H groups in total. The summed E-state index contributed by atoms with van der Waals surface area (Å²) in [5.74, 6) is 0. The molecule has 100 valence electrons. The largest absolute Gasteiger partial charge is 0.369 e. The molecule has 1 saturated heterocycles. The van der Waals surface area contributed by atoms with E-state index >= 15 is 0 Å². The molecule has 1 aliphatic rings. The van der Waals surface area contributed by atoms with Crippen LogP contribution in [-0.2, 0) is 6.42 Å². The van der Waals surface area contributed by atoms with Crippen LogP contribution in [0.15, 0.2) is 18.2 Å². The molecule has 0 aromatic heterocycles. The van der Waals surface area contributed by atoms with E-state index in [9.17, 15) is 0 Å². The molecule has 1 aromatic rings. The summed E-state index contributed by atoms with van der Waals surface area (Å²) in [5, 5.41) is 3.66. The second-order valence-electron chi connectivity index (χ2n) is 5.64. The van der Waals surface area contributed by atoms with Gasteiger partial charge >= 0.3 is 0 Å². The molecule has 1 heterocycles. The van der Waals surface area contributed by atoms with Crippen LogP contribution >= 0.6 is 0 Å². The zero-order chi connectivity index (χ0) is 13.1. The van der Waals surface area contributed by atoms with Gasteiger partial charge in [0.05, 0.1) is 0 Å². The maximum absolute atomic E-state index is 3.66. The number of anilines is 1. The van der Waals surface area contributed by atoms with Crippen LogP contribution in [0.25, 0.3) is 0 Å². The average Bonchev–Trinajstić information content (AvgIpc) is 2.49. The first-order chi connectivity index (χ1) is 8.61. The van der Waals surface area contributed by atoms with Gasteiger partial charge in [-0.25, -0.2) is 0 Å². The molecule has 0 bridgehead atoms. The van der Waals surface area contributed by atoms with Gasteiger partial charge in [-0.2, -0.15) is 0 Å². The van der Waals surface area contributed by atoms with Gasteiger partial charge in [-0.15, -0.1) is 0 Å². The van der Waals surface area contributed by atoms with Crippen molar-refractivity contribution in [2.75, 3.05) is 18.0 Å². The molecule has 0 spiro atoms. The van der Waals surface area contributed by atoms with Gasteiger partial charge in [0.25, 0.3) is 0 Å². The van der Waals surface area contributed by atoms with E-state index in [0.29, 0.717) is 12.1 Å². The summed E-state index contributed by atoms with van der Waals surface area (Å²) in [4.78, 5) is 2.58. The number of para-hydroxylation sites is 1. The van der Waals surface area contributed by atoms with E-state index in [2.05, 4.69) is 56.1 Å². The zero-order valence-electron chi connectivity index (χ0n) is 12.2. The zero-order valence-corrected chi connectivity index (χ0v) is 12.2. The maximum Gasteiger partial charge on any atom is 0.0428 e. The number of aryl methyl sites for hydroxylation is 2. The highest BCUT2D eigenvalue weighted by atomic mass is 15.2. The van der Waals surface area contributed by atoms with E-state index in [1.54, 1.807) is 0 Å². The van der Waals surface area contributed by atoms with Gasteiger partial charge in [-0.3, -0.25) is 0 Å². The molecule has 0 aliphatic carbocycles. The minimum absolute atomic E-state index is 0.562. The van der Waals surface area contributed by atoms with Crippen molar-refractivity contribution in [2.45, 2.75) is 52.6 Å². The topological polar surface area (TPSA) is 15.3 Å². The minimum atomic E-state index is 0.562. The molecule has 0 saturated carbocycles. The second-order valence-corrected chi connectivity index (χ2v) is 5.64. The van der Waals surface area contributed by atoms with Crippen molar-refractivity contribution in [2.24, 2.45) is 0 Å². The number of hydrogen-bond donors (Lipinski definition) is 1. The molecule has 0 amide bonds. The van der Waals surface area contributed by atoms with Gasteiger partial charge in [0.15, 0.2) is 0 Å². The van der Waals surface area contributed by atoms with Gasteiger partial charge in [-0.05, 0) is 44.7 Å². The van der Waals surface area contributed by atoms with Crippen LogP contribution in [0.5, 0.6) is 0 Å². The molecule has 18 heavy (non-hydrogen) atoms. The van der Waals surface area contributed by atoms with Crippen LogP contribution in [0.1, 0.15) is 38.3 Å². The van der Waals surface area contributed by atoms with E-state index in [-0.39, 0.29) is 0 Å². The lowest BCUT2D eigenvalue weighted by molar-refractivity contribution is 0.492. The Morgan fingerprint density at radius 1 is 1.28 bits per heavy atom. The van der Waals surface area contributed by atoms with E-state index < -0.39 is 0 Å². The average molecular weight is 246 g/mol. The molecule has 2 heteroatoms. The number of nitrogens with one attached hydrogen (secondary N) is 1. The first kappa shape index (κ1) is 13.4. The lowest BCUT2D eigenvalue weighted by Gasteiger charge is -2.28. The van der Waals surface area contributed by atoms with Gasteiger partial charge < -0.3 is 10.2 Å². The van der Waals surface area contributed by atoms with Crippen LogP contribution in [0, 0.1) is 6.92 Å². The van der Waals surface area contributed by atoms with Crippen LogP contribution in [0.4, 0.5) is 5.69 Å². The van der Waals surface area contributed by atoms with Crippen LogP contribution in [0.2, 0.25) is 0 Å². The number of nitrogens with zero attached hydrogens (tertiary/aromatic N) is 1. The predicted octanol–water partition coefficient (Wildman–Crippen LogP) is 3.13. The first-order valence-electron chi connectivity index (χ1n) is 7.21. The van der Waals surface area contributed by atoms with E-state index in [1.165, 1.54) is 23.2 Å². The normalized spacial score (nSPS) is 25.0. The van der Waals surface area contributed by atoms with Crippen molar-refractivity contribution >= 4 is 5.69 Å². The van der Waals surface area contributed by atoms with Crippen LogP contribution < -0.4 is 10.2 Å². The van der Waals surface area contributed by atoms with Crippen molar-refractivity contribution in [3.63, 3.8) is 0 Å². The van der Waals surface area contributed by atoms with Crippen LogP contribution in [-0.4, -0.2) is 25.2 Å². The number of benzene rings is 1. The molecule has 0 radical (unpaired) electrons. The Bertz CT molecular complexity index is 400. The molecule has 2 unspecified atom stereocenters. The Morgan fingerprint density at radius 2 is 2.06 bits per heavy atom. The SMILES string of the molecule is CCc1cccc(C)c1N1CCC(C)NC(C)C1. The summed E-state index contributed by atoms with van der Waals surface area (Å²) in [5.41, 5.74) is 4.37. The highest BCUT2D eigenvalue weighted by molar-refractivity contribution is 5.59. The highest BCUT2D eigenvalue weighted by Gasteiger charge is 2.20. The quantitative estimate of drug-likeness (QED) is 0.862. The summed E-state index contributed by atoms with van der Waals surface area (Å²) in [7, 11) is 0. The van der Waals surface area contributed by atoms with Crippen molar-refractivity contribution in [3.05, 3.63) is 29.3 Å². The molecule has 2 atom stereocenters. The van der Waals surface area contributed by atoms with Gasteiger partial charge in [-0.1, -0.05) is 25.1 Å². The lowest BCUT2D eigenvalue weighted by Crippen LogP contribution is -2.38. The Labute approximate surface area is 111 Å². The van der Waals surface area contributed by atoms with Crippen molar-refractivity contribution in [1.29, 1.82) is 0 Å². The maximum atomic E-state index is 3.66. The number of hydrogen-bond acceptors (Lipinski definition) is 2. The standard InChI is InChI=1S/C16H26N2/c1-5-15-8-6-7-12(2)16(15)18-10-9-13(3)17-14(4)11-18/h6-8,13-14,17H,5,9-11H2,1-4H3. The summed E-state index contributed by atoms with van der Waals surface area (Å²) in [6, 6.07) is 7.88. The van der Waals surface area contributed by atoms with Gasteiger partial charge in [0.1, 0.15) is 0 Å². The lowest BCUT2D eigenvalue weighted by atomic mass is 10.0. The van der Waals surface area contributed by atoms with E-state index in [0.717, 1.165) is 19.5 Å². The summed E-state index contributed by atoms with van der Waals surface area (Å²) >= 11 is 0. The molecule has 1 fully saturated rings. The third kappa shape index (κ3) is 2.86. The van der Waals surface area contributed by atoms with E-state index in [1.807, 2.05) is 0 Å². The first-order valence-corrected chi connectivity index (χ1v) is 7.21. The second kappa shape index (κ2) is 5.75. The van der Waals surface area contributed by atoms with Crippen molar-refractivity contribution in [3.8, 4) is 0 Å². The molecule has 2 rings (SSSR count). The molecular weight excluding hydrogens is 220 g/mol. The fourth-order valence-corrected chi connectivity index (χ4v) is 3.05. The predicted molar refractivity (Wildman–Crippen MR) is 79.4 cm³/mol. The van der Waals surface area contributed by atoms with E-state index in [4.69, 9.17) is 0 Å². The molecular formula is C16H26N2. The monoisotopic (exact) mass is 246 g/mol. The molecule has 1 aromatic carbocycles. The summed E-state index contributed by atoms with van der Waals surface area (Å²) < 4.78 is 0. The van der Waals surface area contributed by atoms with Crippen molar-refractivity contribution in [1.82, 2.24) is 5.32 Å². The summed E-state index contributed by atoms with van der Waals surface area (Å²) in [6.07, 6.45) is 2.34.